The van der Waals surface area contributed by atoms with Crippen LogP contribution in [0.5, 0.6) is 0 Å². The highest BCUT2D eigenvalue weighted by molar-refractivity contribution is 6.10. The third-order valence-electron chi connectivity index (χ3n) is 1.09. The van der Waals surface area contributed by atoms with Crippen LogP contribution in [0.4, 0.5) is 0 Å². The number of hydrogen-bond donors (Lipinski definition) is 0. The van der Waals surface area contributed by atoms with Gasteiger partial charge in [0.2, 0.25) is 0 Å². The predicted molar refractivity (Wildman–Crippen MR) is 49.5 cm³/mol. The predicted octanol–water partition coefficient (Wildman–Crippen LogP) is 1.47. The minimum atomic E-state index is -0.612. The van der Waals surface area contributed by atoms with Gasteiger partial charge < -0.3 is 4.65 Å². The molecule has 0 aliphatic heterocycles. The smallest absolute Gasteiger partial charge is 0.378 e. The Hall–Kier alpha value is -1.51. The number of carbonyl (C=O) groups is 1. The Labute approximate surface area is 73.4 Å². The Morgan fingerprint density at radius 3 is 2.42 bits per heavy atom. The van der Waals surface area contributed by atoms with Crippen LogP contribution in [-0.4, -0.2) is 14.0 Å². The summed E-state index contributed by atoms with van der Waals surface area (Å²) in [6.07, 6.45) is 7.80. The van der Waals surface area contributed by atoms with Gasteiger partial charge in [-0.25, -0.2) is 4.79 Å². The van der Waals surface area contributed by atoms with Crippen molar-refractivity contribution in [2.45, 2.75) is 0 Å². The summed E-state index contributed by atoms with van der Waals surface area (Å²) >= 11 is 0. The summed E-state index contributed by atoms with van der Waals surface area (Å²) in [6.45, 7) is 6.89. The van der Waals surface area contributed by atoms with Crippen molar-refractivity contribution >= 4 is 14.0 Å². The largest absolute Gasteiger partial charge is 0.540 e. The summed E-state index contributed by atoms with van der Waals surface area (Å²) in [5, 5.41) is 0. The van der Waals surface area contributed by atoms with Crippen LogP contribution in [0.1, 0.15) is 0 Å². The third kappa shape index (κ3) is 3.61. The first kappa shape index (κ1) is 10.5. The average Bonchev–Trinajstić information content (AvgIpc) is 2.11. The maximum absolute atomic E-state index is 10.8. The molecule has 3 heteroatoms. The SMILES string of the molecule is [B]OC(=O)/C(C=C)=C/C=CC=C. The topological polar surface area (TPSA) is 26.3 Å². The Bertz CT molecular complexity index is 239. The second-order valence-corrected chi connectivity index (χ2v) is 1.85. The van der Waals surface area contributed by atoms with Gasteiger partial charge in [-0.15, -0.1) is 0 Å². The summed E-state index contributed by atoms with van der Waals surface area (Å²) in [5.74, 6) is -0.612. The van der Waals surface area contributed by atoms with E-state index in [4.69, 9.17) is 0 Å². The van der Waals surface area contributed by atoms with Gasteiger partial charge in [0.15, 0.2) is 0 Å². The van der Waals surface area contributed by atoms with Gasteiger partial charge >= 0.3 is 14.0 Å². The van der Waals surface area contributed by atoms with Gasteiger partial charge in [-0.1, -0.05) is 37.5 Å². The van der Waals surface area contributed by atoms with Crippen molar-refractivity contribution in [3.05, 3.63) is 49.1 Å². The first-order valence-corrected chi connectivity index (χ1v) is 3.29. The van der Waals surface area contributed by atoms with E-state index >= 15 is 0 Å². The van der Waals surface area contributed by atoms with E-state index in [9.17, 15) is 4.79 Å². The normalized spacial score (nSPS) is 11.2. The first-order chi connectivity index (χ1) is 5.76. The fraction of sp³-hybridized carbons (Fsp3) is 0. The molecule has 0 atom stereocenters. The number of allylic oxidation sites excluding steroid dienone is 4. The fourth-order valence-electron chi connectivity index (χ4n) is 0.525. The van der Waals surface area contributed by atoms with Crippen LogP contribution in [0, 0.1) is 0 Å². The molecule has 0 saturated heterocycles. The molecule has 12 heavy (non-hydrogen) atoms. The monoisotopic (exact) mass is 160 g/mol. The highest BCUT2D eigenvalue weighted by Gasteiger charge is 2.01. The van der Waals surface area contributed by atoms with Gasteiger partial charge in [0, 0.05) is 0 Å². The van der Waals surface area contributed by atoms with Crippen molar-refractivity contribution < 1.29 is 9.45 Å². The molecule has 0 saturated carbocycles. The van der Waals surface area contributed by atoms with Crippen LogP contribution in [0.25, 0.3) is 0 Å². The highest BCUT2D eigenvalue weighted by atomic mass is 16.5. The number of carbonyl (C=O) groups excluding carboxylic acids is 1. The van der Waals surface area contributed by atoms with Crippen molar-refractivity contribution in [1.29, 1.82) is 0 Å². The molecule has 0 fully saturated rings. The van der Waals surface area contributed by atoms with Crippen LogP contribution >= 0.6 is 0 Å². The molecular formula is C9H9BO2. The van der Waals surface area contributed by atoms with Crippen LogP contribution in [0.3, 0.4) is 0 Å². The van der Waals surface area contributed by atoms with Crippen molar-refractivity contribution in [2.24, 2.45) is 0 Å². The zero-order valence-corrected chi connectivity index (χ0v) is 6.69. The molecule has 2 radical (unpaired) electrons. The Morgan fingerprint density at radius 2 is 2.00 bits per heavy atom. The lowest BCUT2D eigenvalue weighted by atomic mass is 10.2. The number of rotatable bonds is 4. The molecule has 0 unspecified atom stereocenters. The molecule has 0 spiro atoms. The van der Waals surface area contributed by atoms with Gasteiger partial charge in [0.05, 0.1) is 5.57 Å². The summed E-state index contributed by atoms with van der Waals surface area (Å²) in [4.78, 5) is 10.8. The zero-order chi connectivity index (χ0) is 9.40. The second-order valence-electron chi connectivity index (χ2n) is 1.85. The van der Waals surface area contributed by atoms with E-state index in [1.165, 1.54) is 12.2 Å². The van der Waals surface area contributed by atoms with Crippen LogP contribution in [-0.2, 0) is 9.45 Å². The molecule has 0 bridgehead atoms. The lowest BCUT2D eigenvalue weighted by Crippen LogP contribution is -2.02. The molecule has 0 aromatic heterocycles. The van der Waals surface area contributed by atoms with Crippen molar-refractivity contribution in [3.8, 4) is 0 Å². The van der Waals surface area contributed by atoms with Crippen LogP contribution in [0.15, 0.2) is 49.1 Å². The van der Waals surface area contributed by atoms with E-state index in [0.29, 0.717) is 5.57 Å². The molecular weight excluding hydrogens is 151 g/mol. The van der Waals surface area contributed by atoms with Gasteiger partial charge in [0.25, 0.3) is 0 Å². The van der Waals surface area contributed by atoms with Crippen molar-refractivity contribution in [1.82, 2.24) is 0 Å². The minimum absolute atomic E-state index is 0.301. The van der Waals surface area contributed by atoms with E-state index < -0.39 is 5.97 Å². The van der Waals surface area contributed by atoms with Crippen molar-refractivity contribution in [2.75, 3.05) is 0 Å². The molecule has 0 amide bonds. The summed E-state index contributed by atoms with van der Waals surface area (Å²) in [7, 11) is 4.67. The highest BCUT2D eigenvalue weighted by Crippen LogP contribution is 1.98. The zero-order valence-electron chi connectivity index (χ0n) is 6.69. The van der Waals surface area contributed by atoms with Gasteiger partial charge in [-0.05, 0) is 6.08 Å². The molecule has 0 aliphatic rings. The second kappa shape index (κ2) is 6.22. The minimum Gasteiger partial charge on any atom is -0.540 e. The van der Waals surface area contributed by atoms with Gasteiger partial charge in [-0.2, -0.15) is 0 Å². The van der Waals surface area contributed by atoms with Gasteiger partial charge in [0.1, 0.15) is 0 Å². The lowest BCUT2D eigenvalue weighted by molar-refractivity contribution is -0.129. The van der Waals surface area contributed by atoms with E-state index in [1.54, 1.807) is 18.2 Å². The van der Waals surface area contributed by atoms with Crippen LogP contribution < -0.4 is 0 Å². The fourth-order valence-corrected chi connectivity index (χ4v) is 0.525. The Morgan fingerprint density at radius 1 is 1.33 bits per heavy atom. The average molecular weight is 160 g/mol. The summed E-state index contributed by atoms with van der Waals surface area (Å²) in [6, 6.07) is 0. The summed E-state index contributed by atoms with van der Waals surface area (Å²) in [5.41, 5.74) is 0.301. The maximum atomic E-state index is 10.8. The van der Waals surface area contributed by atoms with E-state index in [-0.39, 0.29) is 0 Å². The van der Waals surface area contributed by atoms with Crippen molar-refractivity contribution in [3.63, 3.8) is 0 Å². The first-order valence-electron chi connectivity index (χ1n) is 3.29. The summed E-state index contributed by atoms with van der Waals surface area (Å²) < 4.78 is 4.00. The molecule has 0 heterocycles. The standard InChI is InChI=1S/C9H9BO2/c1-3-5-6-7-8(4-2)9(11)12-10/h3-7H,1-2H2/b6-5?,8-7+. The van der Waals surface area contributed by atoms with E-state index in [1.807, 2.05) is 0 Å². The molecule has 0 aromatic rings. The Balaban J connectivity index is 4.42. The molecule has 0 aromatic carbocycles. The van der Waals surface area contributed by atoms with Gasteiger partial charge in [-0.3, -0.25) is 0 Å². The molecule has 0 N–H and O–H groups in total. The molecule has 60 valence electrons. The van der Waals surface area contributed by atoms with E-state index in [0.717, 1.165) is 0 Å². The lowest BCUT2D eigenvalue weighted by Gasteiger charge is -1.96. The van der Waals surface area contributed by atoms with E-state index in [2.05, 4.69) is 25.9 Å². The Kier molecular flexibility index (Phi) is 5.44. The third-order valence-corrected chi connectivity index (χ3v) is 1.09. The molecule has 0 rings (SSSR count). The quantitative estimate of drug-likeness (QED) is 0.353. The molecule has 0 aliphatic carbocycles. The van der Waals surface area contributed by atoms with Crippen LogP contribution in [0.2, 0.25) is 0 Å². The number of hydrogen-bond acceptors (Lipinski definition) is 2. The molecule has 2 nitrogen and oxygen atoms in total. The maximum Gasteiger partial charge on any atom is 0.378 e.